The lowest BCUT2D eigenvalue weighted by Crippen LogP contribution is -2.44. The summed E-state index contributed by atoms with van der Waals surface area (Å²) >= 11 is 1.56. The van der Waals surface area contributed by atoms with E-state index >= 15 is 0 Å². The van der Waals surface area contributed by atoms with Crippen molar-refractivity contribution in [2.45, 2.75) is 38.8 Å². The highest BCUT2D eigenvalue weighted by atomic mass is 127. The number of nitrogens with zero attached hydrogens (tertiary/aromatic N) is 3. The Morgan fingerprint density at radius 2 is 2.11 bits per heavy atom. The number of rotatable bonds is 7. The first-order valence-electron chi connectivity index (χ1n) is 9.57. The van der Waals surface area contributed by atoms with Gasteiger partial charge in [0.05, 0.1) is 13.1 Å². The first-order valence-corrected chi connectivity index (χ1v) is 10.4. The predicted octanol–water partition coefficient (Wildman–Crippen LogP) is 3.32. The Morgan fingerprint density at radius 1 is 1.32 bits per heavy atom. The maximum absolute atomic E-state index is 10.7. The number of aliphatic hydroxyl groups is 1. The maximum atomic E-state index is 10.7. The number of hydrogen-bond acceptors (Lipinski definition) is 5. The number of nitrogens with one attached hydrogen (secondary N) is 2. The van der Waals surface area contributed by atoms with Gasteiger partial charge in [-0.15, -0.1) is 35.3 Å². The van der Waals surface area contributed by atoms with Crippen LogP contribution in [0.3, 0.4) is 0 Å². The van der Waals surface area contributed by atoms with Gasteiger partial charge in [-0.05, 0) is 55.8 Å². The van der Waals surface area contributed by atoms with Crippen molar-refractivity contribution >= 4 is 47.1 Å². The minimum atomic E-state index is -0.927. The molecule has 0 aromatic carbocycles. The van der Waals surface area contributed by atoms with Gasteiger partial charge >= 0.3 is 0 Å². The van der Waals surface area contributed by atoms with Gasteiger partial charge in [-0.25, -0.2) is 9.98 Å². The van der Waals surface area contributed by atoms with E-state index in [0.717, 1.165) is 35.9 Å². The molecule has 0 aliphatic carbocycles. The molecule has 154 valence electrons. The molecule has 1 fully saturated rings. The van der Waals surface area contributed by atoms with Crippen LogP contribution >= 0.6 is 35.3 Å². The Balaban J connectivity index is 0.00000280. The van der Waals surface area contributed by atoms with Crippen LogP contribution in [0.2, 0.25) is 0 Å². The number of aliphatic imine (C=N–C) groups is 1. The van der Waals surface area contributed by atoms with Crippen LogP contribution in [0.4, 0.5) is 5.82 Å². The minimum absolute atomic E-state index is 0. The van der Waals surface area contributed by atoms with Crippen LogP contribution in [-0.2, 0) is 12.1 Å². The smallest absolute Gasteiger partial charge is 0.191 e. The van der Waals surface area contributed by atoms with Crippen molar-refractivity contribution in [3.63, 3.8) is 0 Å². The van der Waals surface area contributed by atoms with E-state index in [9.17, 15) is 5.11 Å². The summed E-state index contributed by atoms with van der Waals surface area (Å²) in [4.78, 5) is 12.4. The molecule has 1 aliphatic rings. The van der Waals surface area contributed by atoms with Crippen molar-refractivity contribution in [3.8, 4) is 0 Å². The zero-order valence-electron chi connectivity index (χ0n) is 16.5. The largest absolute Gasteiger partial charge is 0.383 e. The minimum Gasteiger partial charge on any atom is -0.383 e. The SMILES string of the molecule is CCNC(=NCc1ccnc(N2CCCC2)c1)NCC(C)(O)c1cccs1.I. The summed E-state index contributed by atoms with van der Waals surface area (Å²) in [5.74, 6) is 1.74. The second kappa shape index (κ2) is 11.0. The fourth-order valence-electron chi connectivity index (χ4n) is 3.12. The highest BCUT2D eigenvalue weighted by Gasteiger charge is 2.24. The number of halogens is 1. The van der Waals surface area contributed by atoms with Crippen LogP contribution in [0, 0.1) is 0 Å². The van der Waals surface area contributed by atoms with Crippen LogP contribution < -0.4 is 15.5 Å². The van der Waals surface area contributed by atoms with E-state index in [1.807, 2.05) is 43.6 Å². The quantitative estimate of drug-likeness (QED) is 0.300. The molecule has 3 N–H and O–H groups in total. The van der Waals surface area contributed by atoms with Gasteiger partial charge < -0.3 is 20.6 Å². The summed E-state index contributed by atoms with van der Waals surface area (Å²) < 4.78 is 0. The van der Waals surface area contributed by atoms with Gasteiger partial charge in [-0.1, -0.05) is 6.07 Å². The van der Waals surface area contributed by atoms with Gasteiger partial charge in [0.1, 0.15) is 11.4 Å². The molecule has 0 saturated carbocycles. The molecule has 2 aromatic heterocycles. The topological polar surface area (TPSA) is 72.8 Å². The Hall–Kier alpha value is -1.39. The Kier molecular flexibility index (Phi) is 8.97. The lowest BCUT2D eigenvalue weighted by Gasteiger charge is -2.23. The normalized spacial score (nSPS) is 16.4. The van der Waals surface area contributed by atoms with Crippen molar-refractivity contribution in [3.05, 3.63) is 46.3 Å². The average Bonchev–Trinajstić information content (AvgIpc) is 3.38. The molecule has 0 bridgehead atoms. The molecule has 3 rings (SSSR count). The first-order chi connectivity index (χ1) is 13.1. The number of guanidine groups is 1. The molecule has 0 radical (unpaired) electrons. The van der Waals surface area contributed by atoms with Gasteiger partial charge in [-0.3, -0.25) is 0 Å². The Labute approximate surface area is 188 Å². The fourth-order valence-corrected chi connectivity index (χ4v) is 3.91. The van der Waals surface area contributed by atoms with E-state index in [2.05, 4.69) is 31.6 Å². The van der Waals surface area contributed by atoms with E-state index in [4.69, 9.17) is 0 Å². The molecule has 1 aliphatic heterocycles. The number of hydrogen-bond donors (Lipinski definition) is 3. The maximum Gasteiger partial charge on any atom is 0.191 e. The van der Waals surface area contributed by atoms with Crippen molar-refractivity contribution in [2.24, 2.45) is 4.99 Å². The van der Waals surface area contributed by atoms with Crippen molar-refractivity contribution in [2.75, 3.05) is 31.1 Å². The lowest BCUT2D eigenvalue weighted by molar-refractivity contribution is 0.0655. The van der Waals surface area contributed by atoms with Gasteiger partial charge in [0, 0.05) is 30.7 Å². The highest BCUT2D eigenvalue weighted by Crippen LogP contribution is 2.24. The molecular formula is C20H30IN5OS. The summed E-state index contributed by atoms with van der Waals surface area (Å²) in [6.07, 6.45) is 4.34. The second-order valence-electron chi connectivity index (χ2n) is 7.02. The molecule has 2 aromatic rings. The van der Waals surface area contributed by atoms with E-state index in [-0.39, 0.29) is 24.0 Å². The monoisotopic (exact) mass is 515 g/mol. The third-order valence-corrected chi connectivity index (χ3v) is 5.78. The molecule has 0 spiro atoms. The average molecular weight is 515 g/mol. The van der Waals surface area contributed by atoms with E-state index in [1.54, 1.807) is 11.3 Å². The number of aromatic nitrogens is 1. The summed E-state index contributed by atoms with van der Waals surface area (Å²) in [7, 11) is 0. The fraction of sp³-hybridized carbons (Fsp3) is 0.500. The van der Waals surface area contributed by atoms with Crippen LogP contribution in [-0.4, -0.2) is 42.2 Å². The van der Waals surface area contributed by atoms with E-state index in [1.165, 1.54) is 12.8 Å². The molecule has 1 unspecified atom stereocenters. The summed E-state index contributed by atoms with van der Waals surface area (Å²) in [5, 5.41) is 19.2. The van der Waals surface area contributed by atoms with E-state index < -0.39 is 5.60 Å². The van der Waals surface area contributed by atoms with Crippen LogP contribution in [0.1, 0.15) is 37.1 Å². The lowest BCUT2D eigenvalue weighted by atomic mass is 10.1. The third-order valence-electron chi connectivity index (χ3n) is 4.66. The third kappa shape index (κ3) is 6.31. The number of thiophene rings is 1. The van der Waals surface area contributed by atoms with E-state index in [0.29, 0.717) is 19.0 Å². The molecule has 8 heteroatoms. The van der Waals surface area contributed by atoms with Gasteiger partial charge in [0.2, 0.25) is 0 Å². The standard InChI is InChI=1S/C20H29N5OS.HI/c1-3-21-19(24-15-20(2,26)17-7-6-12-27-17)23-14-16-8-9-22-18(13-16)25-10-4-5-11-25;/h6-9,12-13,26H,3-5,10-11,14-15H2,1-2H3,(H2,21,23,24);1H. The first kappa shape index (κ1) is 22.9. The molecule has 0 amide bonds. The number of pyridine rings is 1. The number of anilines is 1. The molecular weight excluding hydrogens is 485 g/mol. The van der Waals surface area contributed by atoms with Crippen LogP contribution in [0.15, 0.2) is 40.8 Å². The van der Waals surface area contributed by atoms with Crippen molar-refractivity contribution in [1.82, 2.24) is 15.6 Å². The molecule has 1 atom stereocenters. The predicted molar refractivity (Wildman–Crippen MR) is 128 cm³/mol. The van der Waals surface area contributed by atoms with Crippen LogP contribution in [0.25, 0.3) is 0 Å². The van der Waals surface area contributed by atoms with Crippen LogP contribution in [0.5, 0.6) is 0 Å². The van der Waals surface area contributed by atoms with Crippen molar-refractivity contribution in [1.29, 1.82) is 0 Å². The molecule has 3 heterocycles. The van der Waals surface area contributed by atoms with Gasteiger partial charge in [-0.2, -0.15) is 0 Å². The Morgan fingerprint density at radius 3 is 2.79 bits per heavy atom. The second-order valence-corrected chi connectivity index (χ2v) is 7.96. The zero-order valence-corrected chi connectivity index (χ0v) is 19.7. The molecule has 6 nitrogen and oxygen atoms in total. The van der Waals surface area contributed by atoms with Gasteiger partial charge in [0.15, 0.2) is 5.96 Å². The van der Waals surface area contributed by atoms with Crippen molar-refractivity contribution < 1.29 is 5.11 Å². The molecule has 1 saturated heterocycles. The van der Waals surface area contributed by atoms with Gasteiger partial charge in [0.25, 0.3) is 0 Å². The highest BCUT2D eigenvalue weighted by molar-refractivity contribution is 14.0. The zero-order chi connectivity index (χ0) is 19.1. The summed E-state index contributed by atoms with van der Waals surface area (Å²) in [6.45, 7) is 7.76. The summed E-state index contributed by atoms with van der Waals surface area (Å²) in [5.41, 5.74) is 0.207. The molecule has 28 heavy (non-hydrogen) atoms. The Bertz CT molecular complexity index is 745. The summed E-state index contributed by atoms with van der Waals surface area (Å²) in [6, 6.07) is 8.04.